The van der Waals surface area contributed by atoms with Crippen LogP contribution in [0.4, 0.5) is 0 Å². The monoisotopic (exact) mass is 246 g/mol. The van der Waals surface area contributed by atoms with Crippen molar-refractivity contribution in [1.29, 1.82) is 0 Å². The summed E-state index contributed by atoms with van der Waals surface area (Å²) < 4.78 is 0. The summed E-state index contributed by atoms with van der Waals surface area (Å²) in [6.45, 7) is 8.68. The second-order valence-electron chi connectivity index (χ2n) is 5.02. The first-order valence-corrected chi connectivity index (χ1v) is 7.39. The zero-order chi connectivity index (χ0) is 13.1. The fourth-order valence-electron chi connectivity index (χ4n) is 2.14. The predicted octanol–water partition coefficient (Wildman–Crippen LogP) is 3.62. The lowest BCUT2D eigenvalue weighted by Gasteiger charge is -2.05. The maximum atomic E-state index is 4.15. The molecule has 0 unspecified atom stereocenters. The van der Waals surface area contributed by atoms with Crippen LogP contribution >= 0.6 is 0 Å². The number of quaternary nitrogens is 1. The van der Waals surface area contributed by atoms with Crippen LogP contribution in [0.3, 0.4) is 0 Å². The molecular weight excluding hydrogens is 218 g/mol. The van der Waals surface area contributed by atoms with E-state index in [2.05, 4.69) is 49.2 Å². The highest BCUT2D eigenvalue weighted by Crippen LogP contribution is 2.08. The molecule has 100 valence electrons. The zero-order valence-corrected chi connectivity index (χ0v) is 11.8. The standard InChI is InChI=1S/C17H27N/c1-3-4-5-6-7-11-14-18-15-16(2)17-12-9-8-10-13-17/h8-10,12-13,18H,2-7,11,14-15H2,1H3/p+1. The quantitative estimate of drug-likeness (QED) is 0.607. The molecule has 0 atom stereocenters. The molecule has 2 N–H and O–H groups in total. The fraction of sp³-hybridized carbons (Fsp3) is 0.529. The predicted molar refractivity (Wildman–Crippen MR) is 80.5 cm³/mol. The first kappa shape index (κ1) is 15.0. The highest BCUT2D eigenvalue weighted by atomic mass is 14.8. The Morgan fingerprint density at radius 1 is 1.00 bits per heavy atom. The van der Waals surface area contributed by atoms with Crippen molar-refractivity contribution in [2.45, 2.75) is 45.4 Å². The summed E-state index contributed by atoms with van der Waals surface area (Å²) in [6, 6.07) is 10.5. The smallest absolute Gasteiger partial charge is 0.101 e. The molecule has 0 fully saturated rings. The highest BCUT2D eigenvalue weighted by molar-refractivity contribution is 5.63. The number of hydrogen-bond donors (Lipinski definition) is 1. The van der Waals surface area contributed by atoms with E-state index in [9.17, 15) is 0 Å². The lowest BCUT2D eigenvalue weighted by atomic mass is 10.1. The summed E-state index contributed by atoms with van der Waals surface area (Å²) in [7, 11) is 0. The van der Waals surface area contributed by atoms with E-state index < -0.39 is 0 Å². The molecule has 0 saturated carbocycles. The van der Waals surface area contributed by atoms with Gasteiger partial charge in [-0.3, -0.25) is 0 Å². The van der Waals surface area contributed by atoms with E-state index in [1.54, 1.807) is 0 Å². The maximum absolute atomic E-state index is 4.15. The van der Waals surface area contributed by atoms with Crippen molar-refractivity contribution in [2.24, 2.45) is 0 Å². The lowest BCUT2D eigenvalue weighted by Crippen LogP contribution is -2.84. The van der Waals surface area contributed by atoms with E-state index in [0.29, 0.717) is 0 Å². The van der Waals surface area contributed by atoms with Crippen molar-refractivity contribution in [2.75, 3.05) is 13.1 Å². The molecule has 0 aliphatic heterocycles. The first-order valence-electron chi connectivity index (χ1n) is 7.39. The van der Waals surface area contributed by atoms with Gasteiger partial charge in [-0.25, -0.2) is 0 Å². The summed E-state index contributed by atoms with van der Waals surface area (Å²) in [5, 5.41) is 2.38. The minimum atomic E-state index is 1.03. The van der Waals surface area contributed by atoms with Gasteiger partial charge in [0.05, 0.1) is 6.54 Å². The Morgan fingerprint density at radius 3 is 2.39 bits per heavy atom. The van der Waals surface area contributed by atoms with Crippen LogP contribution in [-0.2, 0) is 0 Å². The van der Waals surface area contributed by atoms with E-state index in [4.69, 9.17) is 0 Å². The van der Waals surface area contributed by atoms with Gasteiger partial charge in [-0.2, -0.15) is 0 Å². The summed E-state index contributed by atoms with van der Waals surface area (Å²) in [5.74, 6) is 0. The Hall–Kier alpha value is -1.08. The van der Waals surface area contributed by atoms with Crippen LogP contribution in [-0.4, -0.2) is 13.1 Å². The SMILES string of the molecule is C=C(C[NH2+]CCCCCCCC)c1ccccc1. The van der Waals surface area contributed by atoms with E-state index in [1.807, 2.05) is 0 Å². The van der Waals surface area contributed by atoms with Crippen molar-refractivity contribution in [1.82, 2.24) is 0 Å². The number of nitrogens with two attached hydrogens (primary N) is 1. The molecular formula is C17H28N+. The van der Waals surface area contributed by atoms with Crippen molar-refractivity contribution in [3.8, 4) is 0 Å². The third-order valence-corrected chi connectivity index (χ3v) is 3.33. The summed E-state index contributed by atoms with van der Waals surface area (Å²) in [5.41, 5.74) is 2.51. The molecule has 0 aliphatic rings. The molecule has 0 aliphatic carbocycles. The Morgan fingerprint density at radius 2 is 1.67 bits per heavy atom. The van der Waals surface area contributed by atoms with Gasteiger partial charge in [-0.1, -0.05) is 69.5 Å². The van der Waals surface area contributed by atoms with Crippen molar-refractivity contribution in [3.05, 3.63) is 42.5 Å². The van der Waals surface area contributed by atoms with Crippen LogP contribution in [0.5, 0.6) is 0 Å². The van der Waals surface area contributed by atoms with Gasteiger partial charge in [0.25, 0.3) is 0 Å². The molecule has 0 amide bonds. The third kappa shape index (κ3) is 6.61. The average molecular weight is 246 g/mol. The van der Waals surface area contributed by atoms with Crippen molar-refractivity contribution < 1.29 is 5.32 Å². The number of unbranched alkanes of at least 4 members (excludes halogenated alkanes) is 5. The molecule has 0 saturated heterocycles. The molecule has 1 rings (SSSR count). The van der Waals surface area contributed by atoms with Crippen molar-refractivity contribution >= 4 is 5.57 Å². The average Bonchev–Trinajstić information content (AvgIpc) is 2.42. The zero-order valence-electron chi connectivity index (χ0n) is 11.8. The van der Waals surface area contributed by atoms with Gasteiger partial charge in [0.2, 0.25) is 0 Å². The minimum absolute atomic E-state index is 1.03. The molecule has 0 heterocycles. The first-order chi connectivity index (χ1) is 8.84. The number of benzene rings is 1. The topological polar surface area (TPSA) is 16.6 Å². The molecule has 1 aromatic rings. The lowest BCUT2D eigenvalue weighted by molar-refractivity contribution is -0.643. The molecule has 1 heteroatoms. The molecule has 18 heavy (non-hydrogen) atoms. The summed E-state index contributed by atoms with van der Waals surface area (Å²) >= 11 is 0. The summed E-state index contributed by atoms with van der Waals surface area (Å²) in [6.07, 6.45) is 8.27. The van der Waals surface area contributed by atoms with Crippen LogP contribution < -0.4 is 5.32 Å². The molecule has 1 aromatic carbocycles. The van der Waals surface area contributed by atoms with Crippen LogP contribution in [0.25, 0.3) is 5.57 Å². The Labute approximate surface area is 112 Å². The van der Waals surface area contributed by atoms with Crippen LogP contribution in [0.1, 0.15) is 51.0 Å². The maximum Gasteiger partial charge on any atom is 0.101 e. The number of hydrogen-bond acceptors (Lipinski definition) is 0. The fourth-order valence-corrected chi connectivity index (χ4v) is 2.14. The minimum Gasteiger partial charge on any atom is -0.343 e. The van der Waals surface area contributed by atoms with Gasteiger partial charge in [-0.15, -0.1) is 0 Å². The second-order valence-corrected chi connectivity index (χ2v) is 5.02. The van der Waals surface area contributed by atoms with E-state index in [1.165, 1.54) is 56.2 Å². The summed E-state index contributed by atoms with van der Waals surface area (Å²) in [4.78, 5) is 0. The van der Waals surface area contributed by atoms with Gasteiger partial charge < -0.3 is 5.32 Å². The van der Waals surface area contributed by atoms with E-state index in [0.717, 1.165) is 6.54 Å². The van der Waals surface area contributed by atoms with Crippen LogP contribution in [0, 0.1) is 0 Å². The Bertz CT molecular complexity index is 316. The van der Waals surface area contributed by atoms with Gasteiger partial charge in [0.1, 0.15) is 6.54 Å². The van der Waals surface area contributed by atoms with Gasteiger partial charge in [0, 0.05) is 5.57 Å². The second kappa shape index (κ2) is 9.90. The highest BCUT2D eigenvalue weighted by Gasteiger charge is 1.99. The van der Waals surface area contributed by atoms with Crippen molar-refractivity contribution in [3.63, 3.8) is 0 Å². The molecule has 0 bridgehead atoms. The van der Waals surface area contributed by atoms with Gasteiger partial charge in [0.15, 0.2) is 0 Å². The van der Waals surface area contributed by atoms with E-state index in [-0.39, 0.29) is 0 Å². The molecule has 1 nitrogen and oxygen atoms in total. The van der Waals surface area contributed by atoms with Crippen LogP contribution in [0.15, 0.2) is 36.9 Å². The molecule has 0 spiro atoms. The molecule has 0 radical (unpaired) electrons. The van der Waals surface area contributed by atoms with E-state index >= 15 is 0 Å². The number of rotatable bonds is 10. The Kier molecular flexibility index (Phi) is 8.24. The largest absolute Gasteiger partial charge is 0.343 e. The van der Waals surface area contributed by atoms with Gasteiger partial charge in [-0.05, 0) is 18.4 Å². The van der Waals surface area contributed by atoms with Gasteiger partial charge >= 0.3 is 0 Å². The molecule has 0 aromatic heterocycles. The third-order valence-electron chi connectivity index (χ3n) is 3.33. The van der Waals surface area contributed by atoms with Crippen LogP contribution in [0.2, 0.25) is 0 Å². The Balaban J connectivity index is 2.00. The normalized spacial score (nSPS) is 10.5.